The Bertz CT molecular complexity index is 483. The summed E-state index contributed by atoms with van der Waals surface area (Å²) in [4.78, 5) is 24.0. The van der Waals surface area contributed by atoms with Crippen molar-refractivity contribution < 1.29 is 9.59 Å². The van der Waals surface area contributed by atoms with Crippen molar-refractivity contribution in [3.05, 3.63) is 15.9 Å². The molecule has 2 rings (SSSR count). The van der Waals surface area contributed by atoms with Gasteiger partial charge in [-0.2, -0.15) is 5.10 Å². The summed E-state index contributed by atoms with van der Waals surface area (Å²) in [7, 11) is 0. The van der Waals surface area contributed by atoms with E-state index in [2.05, 4.69) is 26.3 Å². The molecule has 0 radical (unpaired) electrons. The first-order valence-corrected chi connectivity index (χ1v) is 6.12. The van der Waals surface area contributed by atoms with Crippen LogP contribution < -0.4 is 5.32 Å². The monoisotopic (exact) mass is 300 g/mol. The molecule has 0 unspecified atom stereocenters. The lowest BCUT2D eigenvalue weighted by Crippen LogP contribution is -2.28. The minimum atomic E-state index is -0.344. The molecule has 6 nitrogen and oxygen atoms in total. The number of halogens is 1. The van der Waals surface area contributed by atoms with E-state index in [9.17, 15) is 9.59 Å². The molecule has 0 spiro atoms. The molecule has 2 heterocycles. The predicted molar refractivity (Wildman–Crippen MR) is 64.3 cm³/mol. The van der Waals surface area contributed by atoms with E-state index >= 15 is 0 Å². The van der Waals surface area contributed by atoms with Crippen LogP contribution in [0.3, 0.4) is 0 Å². The van der Waals surface area contributed by atoms with Crippen LogP contribution in [0, 0.1) is 6.92 Å². The fourth-order valence-electron chi connectivity index (χ4n) is 1.81. The maximum absolute atomic E-state index is 11.5. The molecule has 0 bridgehead atoms. The topological polar surface area (TPSA) is 67.2 Å². The Hall–Kier alpha value is -1.37. The lowest BCUT2D eigenvalue weighted by Gasteiger charge is -2.14. The second-order valence-electron chi connectivity index (χ2n) is 3.87. The van der Waals surface area contributed by atoms with Crippen molar-refractivity contribution in [1.82, 2.24) is 20.0 Å². The van der Waals surface area contributed by atoms with Gasteiger partial charge in [0.25, 0.3) is 0 Å². The molecule has 0 aliphatic carbocycles. The Balaban J connectivity index is 2.24. The third-order valence-electron chi connectivity index (χ3n) is 2.66. The van der Waals surface area contributed by atoms with Crippen LogP contribution in [0.5, 0.6) is 0 Å². The smallest absolute Gasteiger partial charge is 0.309 e. The normalized spacial score (nSPS) is 15.6. The molecule has 1 aliphatic heterocycles. The molecule has 1 aromatic rings. The number of nitrogens with zero attached hydrogens (tertiary/aromatic N) is 3. The Morgan fingerprint density at radius 3 is 2.71 bits per heavy atom. The average molecular weight is 301 g/mol. The van der Waals surface area contributed by atoms with Crippen LogP contribution >= 0.6 is 15.9 Å². The lowest BCUT2D eigenvalue weighted by atomic mass is 10.3. The number of nitrogens with one attached hydrogen (secondary N) is 1. The number of imide groups is 1. The number of carbonyl (C=O) groups excluding carboxylic acids is 2. The van der Waals surface area contributed by atoms with Crippen LogP contribution in [-0.2, 0) is 17.9 Å². The van der Waals surface area contributed by atoms with Gasteiger partial charge in [-0.25, -0.2) is 4.79 Å². The highest BCUT2D eigenvalue weighted by molar-refractivity contribution is 9.10. The van der Waals surface area contributed by atoms with E-state index in [1.807, 2.05) is 18.5 Å². The van der Waals surface area contributed by atoms with E-state index in [1.54, 1.807) is 0 Å². The molecule has 17 heavy (non-hydrogen) atoms. The molecular weight excluding hydrogens is 288 g/mol. The summed E-state index contributed by atoms with van der Waals surface area (Å²) in [6.07, 6.45) is 0. The molecule has 1 aromatic heterocycles. The van der Waals surface area contributed by atoms with Gasteiger partial charge in [0, 0.05) is 6.54 Å². The fraction of sp³-hybridized carbons (Fsp3) is 0.500. The molecular formula is C10H13BrN4O2. The van der Waals surface area contributed by atoms with Crippen molar-refractivity contribution in [3.63, 3.8) is 0 Å². The Morgan fingerprint density at radius 1 is 1.47 bits per heavy atom. The van der Waals surface area contributed by atoms with Crippen molar-refractivity contribution in [2.24, 2.45) is 0 Å². The summed E-state index contributed by atoms with van der Waals surface area (Å²) in [5.74, 6) is -0.259. The Kier molecular flexibility index (Phi) is 3.19. The second kappa shape index (κ2) is 4.48. The van der Waals surface area contributed by atoms with Crippen molar-refractivity contribution in [2.75, 3.05) is 6.54 Å². The maximum atomic E-state index is 11.5. The predicted octanol–water partition coefficient (Wildman–Crippen LogP) is 1.03. The van der Waals surface area contributed by atoms with Gasteiger partial charge in [0.2, 0.25) is 5.91 Å². The van der Waals surface area contributed by atoms with E-state index < -0.39 is 0 Å². The van der Waals surface area contributed by atoms with Crippen molar-refractivity contribution in [3.8, 4) is 0 Å². The van der Waals surface area contributed by atoms with E-state index in [4.69, 9.17) is 0 Å². The number of aryl methyl sites for hydroxylation is 2. The van der Waals surface area contributed by atoms with Gasteiger partial charge in [-0.15, -0.1) is 0 Å². The first-order valence-electron chi connectivity index (χ1n) is 5.33. The Labute approximate surface area is 107 Å². The van der Waals surface area contributed by atoms with Gasteiger partial charge >= 0.3 is 6.03 Å². The molecule has 1 aliphatic rings. The number of amides is 3. The summed E-state index contributed by atoms with van der Waals surface area (Å²) < 4.78 is 2.72. The zero-order chi connectivity index (χ0) is 12.6. The average Bonchev–Trinajstić information content (AvgIpc) is 2.73. The minimum absolute atomic E-state index is 0.110. The molecule has 3 amide bonds. The minimum Gasteiger partial charge on any atom is -0.309 e. The number of hydrogen-bond acceptors (Lipinski definition) is 3. The van der Waals surface area contributed by atoms with Crippen LogP contribution in [0.2, 0.25) is 0 Å². The highest BCUT2D eigenvalue weighted by Gasteiger charge is 2.28. The van der Waals surface area contributed by atoms with Crippen LogP contribution in [0.15, 0.2) is 4.47 Å². The van der Waals surface area contributed by atoms with Gasteiger partial charge in [0.1, 0.15) is 6.54 Å². The van der Waals surface area contributed by atoms with Gasteiger partial charge in [0.05, 0.1) is 22.4 Å². The van der Waals surface area contributed by atoms with Crippen LogP contribution in [0.4, 0.5) is 4.79 Å². The van der Waals surface area contributed by atoms with E-state index in [0.717, 1.165) is 22.4 Å². The SMILES string of the molecule is CCn1nc(C)c(Br)c1CN1CC(=O)NC1=O. The summed E-state index contributed by atoms with van der Waals surface area (Å²) in [6, 6.07) is -0.344. The van der Waals surface area contributed by atoms with Crippen molar-refractivity contribution in [1.29, 1.82) is 0 Å². The molecule has 1 saturated heterocycles. The number of hydrogen-bond donors (Lipinski definition) is 1. The summed E-state index contributed by atoms with van der Waals surface area (Å²) in [5, 5.41) is 6.60. The van der Waals surface area contributed by atoms with Crippen LogP contribution in [0.25, 0.3) is 0 Å². The molecule has 0 atom stereocenters. The van der Waals surface area contributed by atoms with Gasteiger partial charge in [-0.1, -0.05) is 0 Å². The van der Waals surface area contributed by atoms with Gasteiger partial charge < -0.3 is 4.90 Å². The highest BCUT2D eigenvalue weighted by atomic mass is 79.9. The molecule has 1 fully saturated rings. The van der Waals surface area contributed by atoms with Crippen LogP contribution in [0.1, 0.15) is 18.3 Å². The molecule has 92 valence electrons. The van der Waals surface area contributed by atoms with Gasteiger partial charge in [-0.05, 0) is 29.8 Å². The quantitative estimate of drug-likeness (QED) is 0.848. The number of rotatable bonds is 3. The van der Waals surface area contributed by atoms with Crippen molar-refractivity contribution >= 4 is 27.9 Å². The van der Waals surface area contributed by atoms with Crippen molar-refractivity contribution in [2.45, 2.75) is 26.9 Å². The van der Waals surface area contributed by atoms with E-state index in [-0.39, 0.29) is 18.5 Å². The zero-order valence-electron chi connectivity index (χ0n) is 9.66. The number of aromatic nitrogens is 2. The number of carbonyl (C=O) groups is 2. The number of urea groups is 1. The Morgan fingerprint density at radius 2 is 2.18 bits per heavy atom. The largest absolute Gasteiger partial charge is 0.324 e. The molecule has 7 heteroatoms. The first-order chi connectivity index (χ1) is 8.02. The third-order valence-corrected chi connectivity index (χ3v) is 3.69. The summed E-state index contributed by atoms with van der Waals surface area (Å²) in [5.41, 5.74) is 1.79. The molecule has 1 N–H and O–H groups in total. The third kappa shape index (κ3) is 2.19. The highest BCUT2D eigenvalue weighted by Crippen LogP contribution is 2.23. The standard InChI is InChI=1S/C10H13BrN4O2/c1-3-15-7(9(11)6(2)13-15)4-14-5-8(16)12-10(14)17/h3-5H2,1-2H3,(H,12,16,17). The lowest BCUT2D eigenvalue weighted by molar-refractivity contribution is -0.118. The van der Waals surface area contributed by atoms with Gasteiger partial charge in [0.15, 0.2) is 0 Å². The fourth-order valence-corrected chi connectivity index (χ4v) is 2.22. The zero-order valence-corrected chi connectivity index (χ0v) is 11.2. The van der Waals surface area contributed by atoms with Crippen LogP contribution in [-0.4, -0.2) is 33.2 Å². The summed E-state index contributed by atoms with van der Waals surface area (Å²) in [6.45, 7) is 5.10. The van der Waals surface area contributed by atoms with Gasteiger partial charge in [-0.3, -0.25) is 14.8 Å². The maximum Gasteiger partial charge on any atom is 0.324 e. The summed E-state index contributed by atoms with van der Waals surface area (Å²) >= 11 is 3.46. The van der Waals surface area contributed by atoms with E-state index in [1.165, 1.54) is 4.90 Å². The second-order valence-corrected chi connectivity index (χ2v) is 4.66. The van der Waals surface area contributed by atoms with E-state index in [0.29, 0.717) is 6.54 Å². The first kappa shape index (κ1) is 12.1. The molecule has 0 aromatic carbocycles. The molecule has 0 saturated carbocycles.